The summed E-state index contributed by atoms with van der Waals surface area (Å²) in [6.07, 6.45) is 0.210. The lowest BCUT2D eigenvalue weighted by molar-refractivity contribution is 0.617. The zero-order valence-electron chi connectivity index (χ0n) is 15.1. The highest BCUT2D eigenvalue weighted by atomic mass is 32.2. The predicted molar refractivity (Wildman–Crippen MR) is 108 cm³/mol. The van der Waals surface area contributed by atoms with Gasteiger partial charge in [-0.05, 0) is 23.8 Å². The van der Waals surface area contributed by atoms with Crippen molar-refractivity contribution < 1.29 is 4.39 Å². The number of aromatic nitrogens is 5. The minimum absolute atomic E-state index is 0.210. The van der Waals surface area contributed by atoms with Gasteiger partial charge in [0.15, 0.2) is 5.16 Å². The zero-order valence-corrected chi connectivity index (χ0v) is 15.9. The number of nitrogens with zero attached hydrogens (tertiary/aromatic N) is 3. The molecule has 4 aromatic rings. The molecule has 0 aliphatic heterocycles. The Morgan fingerprint density at radius 3 is 2.48 bits per heavy atom. The molecule has 2 aromatic carbocycles. The van der Waals surface area contributed by atoms with Crippen molar-refractivity contribution in [1.29, 1.82) is 0 Å². The number of halogens is 1. The van der Waals surface area contributed by atoms with Crippen molar-refractivity contribution in [3.05, 3.63) is 104 Å². The molecule has 0 bridgehead atoms. The molecule has 0 spiro atoms. The SMILES string of the molecule is O=c1cc(Cc2nnc(SCc3ccccc3F)n2-c2ccccc2)[nH]c(=O)[nH]1. The van der Waals surface area contributed by atoms with Crippen LogP contribution in [0.3, 0.4) is 0 Å². The van der Waals surface area contributed by atoms with E-state index in [1.54, 1.807) is 18.2 Å². The number of hydrogen-bond donors (Lipinski definition) is 2. The summed E-state index contributed by atoms with van der Waals surface area (Å²) in [7, 11) is 0. The van der Waals surface area contributed by atoms with Gasteiger partial charge in [-0.2, -0.15) is 0 Å². The maximum absolute atomic E-state index is 14.0. The van der Waals surface area contributed by atoms with Gasteiger partial charge in [-0.1, -0.05) is 48.2 Å². The molecule has 0 radical (unpaired) electrons. The van der Waals surface area contributed by atoms with E-state index in [0.29, 0.717) is 28.0 Å². The standard InChI is InChI=1S/C20H16FN5O2S/c21-16-9-5-4-6-13(16)12-29-20-25-24-17(26(20)15-7-2-1-3-8-15)10-14-11-18(27)23-19(28)22-14/h1-9,11H,10,12H2,(H2,22,23,27,28). The molecule has 146 valence electrons. The summed E-state index contributed by atoms with van der Waals surface area (Å²) >= 11 is 1.36. The summed E-state index contributed by atoms with van der Waals surface area (Å²) in [4.78, 5) is 27.9. The number of para-hydroxylation sites is 1. The van der Waals surface area contributed by atoms with E-state index < -0.39 is 11.2 Å². The topological polar surface area (TPSA) is 96.4 Å². The van der Waals surface area contributed by atoms with Gasteiger partial charge >= 0.3 is 5.69 Å². The number of hydrogen-bond acceptors (Lipinski definition) is 5. The minimum Gasteiger partial charge on any atom is -0.311 e. The van der Waals surface area contributed by atoms with E-state index in [2.05, 4.69) is 20.2 Å². The Bertz CT molecular complexity index is 1220. The van der Waals surface area contributed by atoms with E-state index in [0.717, 1.165) is 5.69 Å². The first-order valence-corrected chi connectivity index (χ1v) is 9.77. The molecule has 9 heteroatoms. The van der Waals surface area contributed by atoms with Gasteiger partial charge in [0.25, 0.3) is 5.56 Å². The fraction of sp³-hybridized carbons (Fsp3) is 0.100. The summed E-state index contributed by atoms with van der Waals surface area (Å²) in [5.41, 5.74) is 0.765. The number of nitrogens with one attached hydrogen (secondary N) is 2. The maximum Gasteiger partial charge on any atom is 0.325 e. The summed E-state index contributed by atoms with van der Waals surface area (Å²) in [5.74, 6) is 0.667. The molecule has 2 heterocycles. The molecule has 0 aliphatic rings. The van der Waals surface area contributed by atoms with E-state index in [9.17, 15) is 14.0 Å². The number of aromatic amines is 2. The van der Waals surface area contributed by atoms with E-state index in [1.807, 2.05) is 34.9 Å². The Morgan fingerprint density at radius 2 is 1.72 bits per heavy atom. The number of rotatable bonds is 6. The smallest absolute Gasteiger partial charge is 0.311 e. The lowest BCUT2D eigenvalue weighted by Gasteiger charge is -2.10. The maximum atomic E-state index is 14.0. The van der Waals surface area contributed by atoms with Crippen LogP contribution in [-0.4, -0.2) is 24.7 Å². The van der Waals surface area contributed by atoms with Crippen LogP contribution in [0, 0.1) is 5.82 Å². The Labute approximate surface area is 168 Å². The van der Waals surface area contributed by atoms with Crippen molar-refractivity contribution in [2.24, 2.45) is 0 Å². The summed E-state index contributed by atoms with van der Waals surface area (Å²) in [6.45, 7) is 0. The van der Waals surface area contributed by atoms with Gasteiger partial charge in [0.1, 0.15) is 11.6 Å². The molecule has 0 amide bonds. The van der Waals surface area contributed by atoms with Crippen molar-refractivity contribution in [1.82, 2.24) is 24.7 Å². The van der Waals surface area contributed by atoms with Crippen LogP contribution in [0.5, 0.6) is 0 Å². The Morgan fingerprint density at radius 1 is 0.966 bits per heavy atom. The van der Waals surface area contributed by atoms with E-state index in [-0.39, 0.29) is 12.2 Å². The van der Waals surface area contributed by atoms with Crippen molar-refractivity contribution in [2.75, 3.05) is 0 Å². The van der Waals surface area contributed by atoms with Gasteiger partial charge in [0.05, 0.1) is 0 Å². The highest BCUT2D eigenvalue weighted by Crippen LogP contribution is 2.26. The Kier molecular flexibility index (Phi) is 5.39. The molecule has 0 unspecified atom stereocenters. The first-order chi connectivity index (χ1) is 14.1. The molecule has 0 saturated carbocycles. The first kappa shape index (κ1) is 18.9. The normalized spacial score (nSPS) is 10.9. The minimum atomic E-state index is -0.576. The van der Waals surface area contributed by atoms with Crippen LogP contribution in [0.15, 0.2) is 75.4 Å². The third-order valence-corrected chi connectivity index (χ3v) is 5.17. The fourth-order valence-electron chi connectivity index (χ4n) is 2.89. The Hall–Kier alpha value is -3.46. The zero-order chi connectivity index (χ0) is 20.2. The molecule has 7 nitrogen and oxygen atoms in total. The average molecular weight is 409 g/mol. The molecule has 0 saturated heterocycles. The van der Waals surface area contributed by atoms with Crippen LogP contribution in [0.4, 0.5) is 4.39 Å². The summed E-state index contributed by atoms with van der Waals surface area (Å²) in [6, 6.07) is 17.4. The molecule has 0 atom stereocenters. The average Bonchev–Trinajstić information content (AvgIpc) is 3.09. The van der Waals surface area contributed by atoms with Crippen LogP contribution in [0.1, 0.15) is 17.1 Å². The number of benzene rings is 2. The van der Waals surface area contributed by atoms with E-state index in [4.69, 9.17) is 0 Å². The number of H-pyrrole nitrogens is 2. The van der Waals surface area contributed by atoms with Gasteiger partial charge in [0, 0.05) is 29.6 Å². The van der Waals surface area contributed by atoms with Crippen molar-refractivity contribution in [3.63, 3.8) is 0 Å². The second-order valence-electron chi connectivity index (χ2n) is 6.24. The van der Waals surface area contributed by atoms with E-state index >= 15 is 0 Å². The molecular weight excluding hydrogens is 393 g/mol. The van der Waals surface area contributed by atoms with Crippen LogP contribution >= 0.6 is 11.8 Å². The van der Waals surface area contributed by atoms with Crippen LogP contribution in [0.2, 0.25) is 0 Å². The Balaban J connectivity index is 1.69. The molecule has 4 rings (SSSR count). The van der Waals surface area contributed by atoms with Crippen LogP contribution in [-0.2, 0) is 12.2 Å². The van der Waals surface area contributed by atoms with Gasteiger partial charge in [-0.3, -0.25) is 14.3 Å². The quantitative estimate of drug-likeness (QED) is 0.477. The third kappa shape index (κ3) is 4.35. The first-order valence-electron chi connectivity index (χ1n) is 8.78. The summed E-state index contributed by atoms with van der Waals surface area (Å²) < 4.78 is 15.8. The predicted octanol–water partition coefficient (Wildman–Crippen LogP) is 2.67. The van der Waals surface area contributed by atoms with Crippen molar-refractivity contribution >= 4 is 11.8 Å². The largest absolute Gasteiger partial charge is 0.325 e. The van der Waals surface area contributed by atoms with Crippen LogP contribution < -0.4 is 11.2 Å². The summed E-state index contributed by atoms with van der Waals surface area (Å²) in [5, 5.41) is 9.08. The molecule has 0 fully saturated rings. The van der Waals surface area contributed by atoms with Crippen molar-refractivity contribution in [3.8, 4) is 5.69 Å². The molecule has 2 aromatic heterocycles. The van der Waals surface area contributed by atoms with Gasteiger partial charge < -0.3 is 4.98 Å². The van der Waals surface area contributed by atoms with Crippen molar-refractivity contribution in [2.45, 2.75) is 17.3 Å². The van der Waals surface area contributed by atoms with Gasteiger partial charge in [0.2, 0.25) is 0 Å². The highest BCUT2D eigenvalue weighted by molar-refractivity contribution is 7.98. The lowest BCUT2D eigenvalue weighted by atomic mass is 10.2. The lowest BCUT2D eigenvalue weighted by Crippen LogP contribution is -2.23. The fourth-order valence-corrected chi connectivity index (χ4v) is 3.84. The monoisotopic (exact) mass is 409 g/mol. The van der Waals surface area contributed by atoms with E-state index in [1.165, 1.54) is 23.9 Å². The highest BCUT2D eigenvalue weighted by Gasteiger charge is 2.16. The molecular formula is C20H16FN5O2S. The molecule has 29 heavy (non-hydrogen) atoms. The van der Waals surface area contributed by atoms with Gasteiger partial charge in [-0.25, -0.2) is 9.18 Å². The number of thioether (sulfide) groups is 1. The van der Waals surface area contributed by atoms with Gasteiger partial charge in [-0.15, -0.1) is 10.2 Å². The molecule has 2 N–H and O–H groups in total. The third-order valence-electron chi connectivity index (χ3n) is 4.19. The second-order valence-corrected chi connectivity index (χ2v) is 7.18. The molecule has 0 aliphatic carbocycles. The van der Waals surface area contributed by atoms with Crippen LogP contribution in [0.25, 0.3) is 5.69 Å². The second kappa shape index (κ2) is 8.27.